The van der Waals surface area contributed by atoms with E-state index in [0.717, 1.165) is 18.4 Å². The van der Waals surface area contributed by atoms with E-state index >= 15 is 0 Å². The van der Waals surface area contributed by atoms with E-state index < -0.39 is 226 Å². The average molecular weight is 1270 g/mol. The van der Waals surface area contributed by atoms with Gasteiger partial charge < -0.3 is 139 Å². The van der Waals surface area contributed by atoms with E-state index in [9.17, 15) is 91.9 Å². The highest BCUT2D eigenvalue weighted by atomic mass is 16.8. The maximum absolute atomic E-state index is 12.7. The molecule has 28 nitrogen and oxygen atoms in total. The standard InChI is InChI=1S/C60H100O28/c1-23-33(64)38(69)44(75)51(81-23)87-46-42(73)37(68)29(21-79-50-43(74)39(70)34(65)26(18-61)82-50)85-53(46)80-22-60-16-15-58(7)24(25(60)17-55(2,3)48(77)49(60)78)9-10-31-57(6)13-12-32(56(4,5)30(57)11-14-59(31,58)8)86-54-47(41(72)36(67)28(20-63)84-54)88-52-45(76)40(71)35(66)27(19-62)83-52/h9,23,25-54,61-78H,10-22H2,1-8H3. The lowest BCUT2D eigenvalue weighted by Crippen LogP contribution is -2.69. The van der Waals surface area contributed by atoms with Crippen LogP contribution in [0.25, 0.3) is 0 Å². The summed E-state index contributed by atoms with van der Waals surface area (Å²) in [6, 6.07) is 0. The third-order valence-corrected chi connectivity index (χ3v) is 23.8. The fraction of sp³-hybridized carbons (Fsp3) is 0.967. The van der Waals surface area contributed by atoms with Crippen LogP contribution in [0.4, 0.5) is 0 Å². The molecule has 0 aromatic heterocycles. The van der Waals surface area contributed by atoms with Gasteiger partial charge in [0.1, 0.15) is 116 Å². The molecule has 35 unspecified atom stereocenters. The van der Waals surface area contributed by atoms with Crippen LogP contribution in [0.5, 0.6) is 0 Å². The molecule has 10 rings (SSSR count). The van der Waals surface area contributed by atoms with E-state index in [2.05, 4.69) is 40.7 Å². The Hall–Kier alpha value is -1.38. The van der Waals surface area contributed by atoms with Crippen LogP contribution in [0.1, 0.15) is 107 Å². The van der Waals surface area contributed by atoms with Gasteiger partial charge in [0.25, 0.3) is 0 Å². The van der Waals surface area contributed by atoms with Crippen LogP contribution >= 0.6 is 0 Å². The van der Waals surface area contributed by atoms with Gasteiger partial charge in [0.15, 0.2) is 31.5 Å². The second-order valence-electron chi connectivity index (χ2n) is 29.3. The normalized spacial score (nSPS) is 55.3. The van der Waals surface area contributed by atoms with Gasteiger partial charge in [-0.15, -0.1) is 0 Å². The summed E-state index contributed by atoms with van der Waals surface area (Å²) in [5.41, 5.74) is -2.64. The monoisotopic (exact) mass is 1270 g/mol. The van der Waals surface area contributed by atoms with Gasteiger partial charge in [-0.25, -0.2) is 0 Å². The molecule has 10 aliphatic rings. The lowest BCUT2D eigenvalue weighted by molar-refractivity contribution is -0.378. The topological polar surface area (TPSA) is 456 Å². The van der Waals surface area contributed by atoms with Crippen molar-refractivity contribution in [3.63, 3.8) is 0 Å². The molecule has 88 heavy (non-hydrogen) atoms. The van der Waals surface area contributed by atoms with Gasteiger partial charge in [-0.2, -0.15) is 0 Å². The van der Waals surface area contributed by atoms with Gasteiger partial charge in [-0.05, 0) is 103 Å². The van der Waals surface area contributed by atoms with Gasteiger partial charge >= 0.3 is 0 Å². The SMILES string of the molecule is CC1OC(OC2C(OCC34CCC5(C)C(=CCC6C7(C)CCC(OC8OC(CO)C(O)C(O)C8OC8OC(CO)C(O)C(O)C8O)C(C)(C)C7CCC65C)C3CC(C)(C)C(O)C4O)OC(COC3OC(CO)C(O)C(O)C3O)C(O)C2O)C(O)C(O)C1O. The minimum atomic E-state index is -1.92. The summed E-state index contributed by atoms with van der Waals surface area (Å²) < 4.78 is 60.9. The number of rotatable bonds is 15. The van der Waals surface area contributed by atoms with E-state index in [0.29, 0.717) is 38.5 Å². The summed E-state index contributed by atoms with van der Waals surface area (Å²) >= 11 is 0. The molecule has 0 radical (unpaired) electrons. The molecule has 508 valence electrons. The Bertz CT molecular complexity index is 2400. The van der Waals surface area contributed by atoms with Crippen LogP contribution in [-0.2, 0) is 47.4 Å². The van der Waals surface area contributed by atoms with Crippen LogP contribution in [0.15, 0.2) is 11.6 Å². The summed E-state index contributed by atoms with van der Waals surface area (Å²) in [5, 5.41) is 197. The Kier molecular flexibility index (Phi) is 20.2. The van der Waals surface area contributed by atoms with E-state index in [1.807, 2.05) is 13.8 Å². The Balaban J connectivity index is 0.913. The van der Waals surface area contributed by atoms with E-state index in [4.69, 9.17) is 47.4 Å². The number of aliphatic hydroxyl groups excluding tert-OH is 18. The van der Waals surface area contributed by atoms with Crippen molar-refractivity contribution in [3.05, 3.63) is 11.6 Å². The van der Waals surface area contributed by atoms with Crippen molar-refractivity contribution >= 4 is 0 Å². The maximum Gasteiger partial charge on any atom is 0.187 e. The summed E-state index contributed by atoms with van der Waals surface area (Å²) in [6.07, 6.45) is -37.1. The predicted molar refractivity (Wildman–Crippen MR) is 297 cm³/mol. The summed E-state index contributed by atoms with van der Waals surface area (Å²) in [6.45, 7) is 13.4. The van der Waals surface area contributed by atoms with E-state index in [-0.39, 0.29) is 29.3 Å². The van der Waals surface area contributed by atoms with Crippen LogP contribution in [0.2, 0.25) is 0 Å². The number of hydrogen-bond donors (Lipinski definition) is 18. The summed E-state index contributed by atoms with van der Waals surface area (Å²) in [7, 11) is 0. The molecule has 5 aliphatic carbocycles. The van der Waals surface area contributed by atoms with E-state index in [1.165, 1.54) is 6.92 Å². The Labute approximate surface area is 511 Å². The molecule has 0 aromatic carbocycles. The molecule has 0 amide bonds. The minimum Gasteiger partial charge on any atom is -0.394 e. The summed E-state index contributed by atoms with van der Waals surface area (Å²) in [4.78, 5) is 0. The molecule has 0 bridgehead atoms. The smallest absolute Gasteiger partial charge is 0.187 e. The molecule has 28 heteroatoms. The number of fused-ring (bicyclic) bond motifs is 7. The second-order valence-corrected chi connectivity index (χ2v) is 29.3. The van der Waals surface area contributed by atoms with Crippen molar-refractivity contribution in [2.24, 2.45) is 50.2 Å². The zero-order chi connectivity index (χ0) is 64.4. The van der Waals surface area contributed by atoms with Gasteiger partial charge in [-0.3, -0.25) is 0 Å². The molecular formula is C60H100O28. The van der Waals surface area contributed by atoms with Gasteiger partial charge in [0.05, 0.1) is 57.5 Å². The molecule has 5 heterocycles. The van der Waals surface area contributed by atoms with Crippen LogP contribution in [0, 0.1) is 50.2 Å². The first-order chi connectivity index (χ1) is 41.2. The van der Waals surface area contributed by atoms with Gasteiger partial charge in [0.2, 0.25) is 0 Å². The fourth-order valence-electron chi connectivity index (χ4n) is 18.0. The molecule has 5 aliphatic heterocycles. The first-order valence-electron chi connectivity index (χ1n) is 31.4. The largest absolute Gasteiger partial charge is 0.394 e. The van der Waals surface area contributed by atoms with Crippen LogP contribution in [-0.4, -0.2) is 297 Å². The molecule has 0 aromatic rings. The molecule has 0 spiro atoms. The molecule has 35 atom stereocenters. The van der Waals surface area contributed by atoms with Crippen molar-refractivity contribution in [1.82, 2.24) is 0 Å². The number of hydrogen-bond acceptors (Lipinski definition) is 28. The zero-order valence-electron chi connectivity index (χ0n) is 51.3. The van der Waals surface area contributed by atoms with Crippen molar-refractivity contribution in [1.29, 1.82) is 0 Å². The molecule has 5 saturated heterocycles. The Morgan fingerprint density at radius 3 is 1.56 bits per heavy atom. The maximum atomic E-state index is 12.7. The first-order valence-corrected chi connectivity index (χ1v) is 31.4. The molecule has 9 fully saturated rings. The minimum absolute atomic E-state index is 0.0391. The average Bonchev–Trinajstić information content (AvgIpc) is 0.679. The van der Waals surface area contributed by atoms with Crippen molar-refractivity contribution < 1.29 is 139 Å². The predicted octanol–water partition coefficient (Wildman–Crippen LogP) is -4.77. The molecule has 4 saturated carbocycles. The Morgan fingerprint density at radius 1 is 0.466 bits per heavy atom. The quantitative estimate of drug-likeness (QED) is 0.0541. The Morgan fingerprint density at radius 2 is 0.966 bits per heavy atom. The molecule has 18 N–H and O–H groups in total. The second kappa shape index (κ2) is 25.6. The zero-order valence-corrected chi connectivity index (χ0v) is 51.3. The lowest BCUT2D eigenvalue weighted by Gasteiger charge is -2.72. The van der Waals surface area contributed by atoms with Crippen molar-refractivity contribution in [2.75, 3.05) is 33.0 Å². The number of aliphatic hydroxyl groups is 18. The van der Waals surface area contributed by atoms with Gasteiger partial charge in [-0.1, -0.05) is 60.1 Å². The molecular weight excluding hydrogens is 1170 g/mol. The third kappa shape index (κ3) is 11.4. The first kappa shape index (κ1) is 69.4. The van der Waals surface area contributed by atoms with Crippen molar-refractivity contribution in [2.45, 2.75) is 279 Å². The van der Waals surface area contributed by atoms with Gasteiger partial charge in [0, 0.05) is 5.41 Å². The van der Waals surface area contributed by atoms with Crippen molar-refractivity contribution in [3.8, 4) is 0 Å². The number of ether oxygens (including phenoxy) is 10. The van der Waals surface area contributed by atoms with Crippen LogP contribution < -0.4 is 0 Å². The summed E-state index contributed by atoms with van der Waals surface area (Å²) in [5.74, 6) is -0.272. The fourth-order valence-corrected chi connectivity index (χ4v) is 18.0. The highest BCUT2D eigenvalue weighted by molar-refractivity contribution is 5.35. The highest BCUT2D eigenvalue weighted by Gasteiger charge is 2.71. The lowest BCUT2D eigenvalue weighted by atomic mass is 9.33. The third-order valence-electron chi connectivity index (χ3n) is 23.8. The van der Waals surface area contributed by atoms with Crippen LogP contribution in [0.3, 0.4) is 0 Å². The van der Waals surface area contributed by atoms with E-state index in [1.54, 1.807) is 0 Å². The highest BCUT2D eigenvalue weighted by Crippen LogP contribution is 2.76. The number of allylic oxidation sites excluding steroid dienone is 2.